The Labute approximate surface area is 103 Å². The smallest absolute Gasteiger partial charge is 0.324 e. The minimum atomic E-state index is -3.74. The first-order valence-corrected chi connectivity index (χ1v) is 7.20. The molecule has 0 aliphatic heterocycles. The Hall–Kier alpha value is -0.660. The Morgan fingerprint density at radius 2 is 1.76 bits per heavy atom. The first-order chi connectivity index (χ1) is 7.73. The summed E-state index contributed by atoms with van der Waals surface area (Å²) in [5.41, 5.74) is -1.45. The minimum absolute atomic E-state index is 0.253. The summed E-state index contributed by atoms with van der Waals surface area (Å²) in [4.78, 5) is 11.1. The Morgan fingerprint density at radius 3 is 2.06 bits per heavy atom. The molecule has 17 heavy (non-hydrogen) atoms. The maximum atomic E-state index is 11.9. The first kappa shape index (κ1) is 16.3. The second-order valence-corrected chi connectivity index (χ2v) is 5.75. The number of nitrogens with one attached hydrogen (secondary N) is 1. The van der Waals surface area contributed by atoms with E-state index < -0.39 is 21.7 Å². The van der Waals surface area contributed by atoms with E-state index in [1.54, 1.807) is 13.8 Å². The number of carboxylic acid groups (broad SMARTS) is 1. The second kappa shape index (κ2) is 6.32. The zero-order chi connectivity index (χ0) is 13.7. The zero-order valence-electron chi connectivity index (χ0n) is 10.9. The SMILES string of the molecule is CCCC(C)(NS(=O)(=O)N(CC)CC)C(=O)O. The van der Waals surface area contributed by atoms with Crippen LogP contribution in [0, 0.1) is 0 Å². The maximum absolute atomic E-state index is 11.9. The monoisotopic (exact) mass is 266 g/mol. The average molecular weight is 266 g/mol. The molecular weight excluding hydrogens is 244 g/mol. The quantitative estimate of drug-likeness (QED) is 0.680. The molecule has 0 saturated heterocycles. The van der Waals surface area contributed by atoms with Gasteiger partial charge in [0.2, 0.25) is 0 Å². The largest absolute Gasteiger partial charge is 0.480 e. The molecule has 0 bridgehead atoms. The van der Waals surface area contributed by atoms with Gasteiger partial charge in [-0.3, -0.25) is 4.79 Å². The van der Waals surface area contributed by atoms with Gasteiger partial charge in [0.1, 0.15) is 5.54 Å². The topological polar surface area (TPSA) is 86.7 Å². The van der Waals surface area contributed by atoms with Gasteiger partial charge in [-0.15, -0.1) is 0 Å². The number of carbonyl (C=O) groups is 1. The normalized spacial score (nSPS) is 15.8. The highest BCUT2D eigenvalue weighted by Crippen LogP contribution is 2.15. The number of carboxylic acids is 1. The highest BCUT2D eigenvalue weighted by atomic mass is 32.2. The lowest BCUT2D eigenvalue weighted by atomic mass is 9.98. The lowest BCUT2D eigenvalue weighted by Gasteiger charge is -2.29. The van der Waals surface area contributed by atoms with E-state index in [9.17, 15) is 13.2 Å². The van der Waals surface area contributed by atoms with E-state index in [4.69, 9.17) is 5.11 Å². The molecule has 6 nitrogen and oxygen atoms in total. The molecule has 0 radical (unpaired) electrons. The Kier molecular flexibility index (Phi) is 6.08. The highest BCUT2D eigenvalue weighted by Gasteiger charge is 2.38. The fourth-order valence-corrected chi connectivity index (χ4v) is 3.18. The molecule has 0 aromatic heterocycles. The molecule has 102 valence electrons. The van der Waals surface area contributed by atoms with Crippen LogP contribution in [-0.4, -0.2) is 42.4 Å². The third-order valence-electron chi connectivity index (χ3n) is 2.62. The lowest BCUT2D eigenvalue weighted by Crippen LogP contribution is -2.56. The summed E-state index contributed by atoms with van der Waals surface area (Å²) in [6.45, 7) is 7.25. The summed E-state index contributed by atoms with van der Waals surface area (Å²) in [7, 11) is -3.74. The molecule has 0 fully saturated rings. The van der Waals surface area contributed by atoms with Crippen LogP contribution in [0.4, 0.5) is 0 Å². The number of hydrogen-bond acceptors (Lipinski definition) is 3. The van der Waals surface area contributed by atoms with Crippen molar-refractivity contribution in [3.63, 3.8) is 0 Å². The predicted molar refractivity (Wildman–Crippen MR) is 65.9 cm³/mol. The molecule has 0 heterocycles. The van der Waals surface area contributed by atoms with E-state index in [2.05, 4.69) is 4.72 Å². The van der Waals surface area contributed by atoms with Crippen LogP contribution in [0.1, 0.15) is 40.5 Å². The van der Waals surface area contributed by atoms with Crippen LogP contribution >= 0.6 is 0 Å². The summed E-state index contributed by atoms with van der Waals surface area (Å²) >= 11 is 0. The van der Waals surface area contributed by atoms with E-state index in [0.29, 0.717) is 19.5 Å². The molecule has 1 unspecified atom stereocenters. The zero-order valence-corrected chi connectivity index (χ0v) is 11.7. The Bertz CT molecular complexity index is 351. The van der Waals surface area contributed by atoms with E-state index in [-0.39, 0.29) is 6.42 Å². The van der Waals surface area contributed by atoms with Crippen LogP contribution in [0.2, 0.25) is 0 Å². The predicted octanol–water partition coefficient (Wildman–Crippen LogP) is 0.806. The number of aliphatic carboxylic acids is 1. The van der Waals surface area contributed by atoms with Crippen LogP contribution in [0.5, 0.6) is 0 Å². The van der Waals surface area contributed by atoms with Crippen molar-refractivity contribution >= 4 is 16.2 Å². The van der Waals surface area contributed by atoms with Crippen molar-refractivity contribution in [1.29, 1.82) is 0 Å². The van der Waals surface area contributed by atoms with Gasteiger partial charge in [0, 0.05) is 13.1 Å². The van der Waals surface area contributed by atoms with Crippen molar-refractivity contribution in [2.24, 2.45) is 0 Å². The van der Waals surface area contributed by atoms with E-state index >= 15 is 0 Å². The van der Waals surface area contributed by atoms with Gasteiger partial charge in [-0.1, -0.05) is 27.2 Å². The van der Waals surface area contributed by atoms with E-state index in [0.717, 1.165) is 0 Å². The van der Waals surface area contributed by atoms with Crippen molar-refractivity contribution < 1.29 is 18.3 Å². The van der Waals surface area contributed by atoms with Gasteiger partial charge in [0.25, 0.3) is 10.2 Å². The van der Waals surface area contributed by atoms with Crippen molar-refractivity contribution in [1.82, 2.24) is 9.03 Å². The number of rotatable bonds is 8. The van der Waals surface area contributed by atoms with Gasteiger partial charge in [-0.25, -0.2) is 0 Å². The van der Waals surface area contributed by atoms with Crippen molar-refractivity contribution in [2.45, 2.75) is 46.1 Å². The van der Waals surface area contributed by atoms with Crippen molar-refractivity contribution in [2.75, 3.05) is 13.1 Å². The van der Waals surface area contributed by atoms with Gasteiger partial charge in [-0.05, 0) is 13.3 Å². The molecule has 0 aromatic rings. The molecule has 0 aliphatic rings. The van der Waals surface area contributed by atoms with Crippen LogP contribution < -0.4 is 4.72 Å². The Morgan fingerprint density at radius 1 is 1.29 bits per heavy atom. The summed E-state index contributed by atoms with van der Waals surface area (Å²) < 4.78 is 27.3. The third-order valence-corrected chi connectivity index (χ3v) is 4.53. The van der Waals surface area contributed by atoms with E-state index in [1.165, 1.54) is 11.2 Å². The Balaban J connectivity index is 5.06. The minimum Gasteiger partial charge on any atom is -0.480 e. The molecule has 2 N–H and O–H groups in total. The summed E-state index contributed by atoms with van der Waals surface area (Å²) in [6, 6.07) is 0. The standard InChI is InChI=1S/C10H22N2O4S/c1-5-8-10(4,9(13)14)11-17(15,16)12(6-2)7-3/h11H,5-8H2,1-4H3,(H,13,14). The van der Waals surface area contributed by atoms with Gasteiger partial charge in [0.05, 0.1) is 0 Å². The van der Waals surface area contributed by atoms with Gasteiger partial charge >= 0.3 is 5.97 Å². The fraction of sp³-hybridized carbons (Fsp3) is 0.900. The molecule has 0 rings (SSSR count). The lowest BCUT2D eigenvalue weighted by molar-refractivity contribution is -0.143. The highest BCUT2D eigenvalue weighted by molar-refractivity contribution is 7.87. The number of hydrogen-bond donors (Lipinski definition) is 2. The number of nitrogens with zero attached hydrogens (tertiary/aromatic N) is 1. The third kappa shape index (κ3) is 4.25. The summed E-state index contributed by atoms with van der Waals surface area (Å²) in [6.07, 6.45) is 0.840. The first-order valence-electron chi connectivity index (χ1n) is 5.76. The van der Waals surface area contributed by atoms with Gasteiger partial charge in [-0.2, -0.15) is 17.4 Å². The fourth-order valence-electron chi connectivity index (χ4n) is 1.61. The van der Waals surface area contributed by atoms with Gasteiger partial charge < -0.3 is 5.11 Å². The van der Waals surface area contributed by atoms with Crippen LogP contribution in [-0.2, 0) is 15.0 Å². The average Bonchev–Trinajstić information content (AvgIpc) is 2.17. The van der Waals surface area contributed by atoms with Crippen LogP contribution in [0.3, 0.4) is 0 Å². The molecule has 7 heteroatoms. The molecule has 0 amide bonds. The molecule has 0 spiro atoms. The van der Waals surface area contributed by atoms with Crippen molar-refractivity contribution in [3.8, 4) is 0 Å². The molecule has 0 saturated carbocycles. The molecule has 0 aromatic carbocycles. The molecule has 0 aliphatic carbocycles. The second-order valence-electron chi connectivity index (χ2n) is 4.08. The van der Waals surface area contributed by atoms with Gasteiger partial charge in [0.15, 0.2) is 0 Å². The molecule has 1 atom stereocenters. The summed E-state index contributed by atoms with van der Waals surface area (Å²) in [5.74, 6) is -1.16. The van der Waals surface area contributed by atoms with E-state index in [1.807, 2.05) is 6.92 Å². The summed E-state index contributed by atoms with van der Waals surface area (Å²) in [5, 5.41) is 9.11. The van der Waals surface area contributed by atoms with Crippen LogP contribution in [0.15, 0.2) is 0 Å². The molecular formula is C10H22N2O4S. The van der Waals surface area contributed by atoms with Crippen LogP contribution in [0.25, 0.3) is 0 Å². The van der Waals surface area contributed by atoms with Crippen molar-refractivity contribution in [3.05, 3.63) is 0 Å². The maximum Gasteiger partial charge on any atom is 0.324 e.